The lowest BCUT2D eigenvalue weighted by Gasteiger charge is -2.36. The van der Waals surface area contributed by atoms with Gasteiger partial charge in [0.2, 0.25) is 0 Å². The lowest BCUT2D eigenvalue weighted by molar-refractivity contribution is 0.310. The molecule has 0 amide bonds. The van der Waals surface area contributed by atoms with Gasteiger partial charge in [0.05, 0.1) is 10.5 Å². The maximum atomic E-state index is 12.5. The summed E-state index contributed by atoms with van der Waals surface area (Å²) < 4.78 is 25.0. The van der Waals surface area contributed by atoms with Gasteiger partial charge in [-0.3, -0.25) is 0 Å². The Hall–Kier alpha value is -0.0900. The van der Waals surface area contributed by atoms with Gasteiger partial charge < -0.3 is 5.32 Å². The molecule has 1 aliphatic rings. The average Bonchev–Trinajstić information content (AvgIpc) is 2.30. The van der Waals surface area contributed by atoms with Gasteiger partial charge in [-0.2, -0.15) is 0 Å². The Balaban J connectivity index is 2.89. The summed E-state index contributed by atoms with van der Waals surface area (Å²) in [6.07, 6.45) is 3.68. The van der Waals surface area contributed by atoms with Gasteiger partial charge in [-0.15, -0.1) is 0 Å². The standard InChI is InChI=1S/C13H27NO2S/c1-5-11(4)17(15,16)13-9-10(3)7-8-12(13)14-6-2/h10-14H,5-9H2,1-4H3. The Morgan fingerprint density at radius 3 is 2.47 bits per heavy atom. The van der Waals surface area contributed by atoms with Gasteiger partial charge in [0.15, 0.2) is 9.84 Å². The number of hydrogen-bond acceptors (Lipinski definition) is 3. The van der Waals surface area contributed by atoms with Crippen LogP contribution in [-0.4, -0.2) is 31.5 Å². The van der Waals surface area contributed by atoms with E-state index in [-0.39, 0.29) is 16.5 Å². The van der Waals surface area contributed by atoms with E-state index in [1.54, 1.807) is 0 Å². The quantitative estimate of drug-likeness (QED) is 0.826. The van der Waals surface area contributed by atoms with Crippen molar-refractivity contribution in [1.29, 1.82) is 0 Å². The molecule has 1 rings (SSSR count). The Morgan fingerprint density at radius 1 is 1.29 bits per heavy atom. The van der Waals surface area contributed by atoms with Crippen LogP contribution in [0.2, 0.25) is 0 Å². The van der Waals surface area contributed by atoms with Crippen molar-refractivity contribution in [2.75, 3.05) is 6.54 Å². The molecule has 0 saturated heterocycles. The highest BCUT2D eigenvalue weighted by Gasteiger charge is 2.39. The zero-order valence-electron chi connectivity index (χ0n) is 11.6. The average molecular weight is 261 g/mol. The van der Waals surface area contributed by atoms with Crippen molar-refractivity contribution in [2.45, 2.75) is 69.9 Å². The van der Waals surface area contributed by atoms with Gasteiger partial charge >= 0.3 is 0 Å². The molecule has 4 heteroatoms. The molecule has 1 fully saturated rings. The Kier molecular flexibility index (Phi) is 5.45. The summed E-state index contributed by atoms with van der Waals surface area (Å²) in [6.45, 7) is 8.87. The highest BCUT2D eigenvalue weighted by Crippen LogP contribution is 2.31. The van der Waals surface area contributed by atoms with Crippen LogP contribution in [0.3, 0.4) is 0 Å². The third kappa shape index (κ3) is 3.44. The minimum absolute atomic E-state index is 0.162. The first-order valence-electron chi connectivity index (χ1n) is 6.89. The summed E-state index contributed by atoms with van der Waals surface area (Å²) >= 11 is 0. The van der Waals surface area contributed by atoms with E-state index >= 15 is 0 Å². The molecule has 102 valence electrons. The second kappa shape index (κ2) is 6.19. The van der Waals surface area contributed by atoms with E-state index in [1.165, 1.54) is 0 Å². The first kappa shape index (κ1) is 15.0. The van der Waals surface area contributed by atoms with Crippen LogP contribution < -0.4 is 5.32 Å². The fourth-order valence-electron chi connectivity index (χ4n) is 2.72. The molecule has 0 spiro atoms. The fraction of sp³-hybridized carbons (Fsp3) is 1.00. The third-order valence-electron chi connectivity index (χ3n) is 4.08. The molecule has 1 aliphatic carbocycles. The minimum Gasteiger partial charge on any atom is -0.313 e. The molecule has 0 aliphatic heterocycles. The smallest absolute Gasteiger partial charge is 0.157 e. The van der Waals surface area contributed by atoms with E-state index < -0.39 is 9.84 Å². The third-order valence-corrected chi connectivity index (χ3v) is 6.90. The first-order valence-corrected chi connectivity index (χ1v) is 8.50. The summed E-state index contributed by atoms with van der Waals surface area (Å²) in [6, 6.07) is 0.162. The SMILES string of the molecule is CCNC1CCC(C)CC1S(=O)(=O)C(C)CC. The van der Waals surface area contributed by atoms with Crippen molar-refractivity contribution in [3.05, 3.63) is 0 Å². The number of sulfone groups is 1. The Bertz CT molecular complexity index is 326. The number of hydrogen-bond donors (Lipinski definition) is 1. The largest absolute Gasteiger partial charge is 0.313 e. The highest BCUT2D eigenvalue weighted by molar-refractivity contribution is 7.92. The maximum Gasteiger partial charge on any atom is 0.157 e. The van der Waals surface area contributed by atoms with Gasteiger partial charge in [0, 0.05) is 6.04 Å². The molecule has 17 heavy (non-hydrogen) atoms. The maximum absolute atomic E-state index is 12.5. The van der Waals surface area contributed by atoms with Crippen molar-refractivity contribution in [3.63, 3.8) is 0 Å². The summed E-state index contributed by atoms with van der Waals surface area (Å²) in [5.41, 5.74) is 0. The topological polar surface area (TPSA) is 46.2 Å². The van der Waals surface area contributed by atoms with Crippen LogP contribution in [0, 0.1) is 5.92 Å². The van der Waals surface area contributed by atoms with Crippen molar-refractivity contribution >= 4 is 9.84 Å². The van der Waals surface area contributed by atoms with Gasteiger partial charge in [-0.25, -0.2) is 8.42 Å². The summed E-state index contributed by atoms with van der Waals surface area (Å²) in [7, 11) is -2.98. The monoisotopic (exact) mass is 261 g/mol. The van der Waals surface area contributed by atoms with E-state index in [0.29, 0.717) is 12.3 Å². The molecular formula is C13H27NO2S. The van der Waals surface area contributed by atoms with Gasteiger partial charge in [-0.1, -0.05) is 20.8 Å². The lowest BCUT2D eigenvalue weighted by Crippen LogP contribution is -2.49. The first-order chi connectivity index (χ1) is 7.93. The van der Waals surface area contributed by atoms with Gasteiger partial charge in [-0.05, 0) is 45.1 Å². The second-order valence-corrected chi connectivity index (χ2v) is 8.02. The van der Waals surface area contributed by atoms with Crippen LogP contribution in [0.25, 0.3) is 0 Å². The van der Waals surface area contributed by atoms with E-state index in [4.69, 9.17) is 0 Å². The van der Waals surface area contributed by atoms with E-state index in [9.17, 15) is 8.42 Å². The Labute approximate surface area is 106 Å². The van der Waals surface area contributed by atoms with Crippen molar-refractivity contribution in [3.8, 4) is 0 Å². The number of nitrogens with one attached hydrogen (secondary N) is 1. The van der Waals surface area contributed by atoms with Crippen LogP contribution in [0.5, 0.6) is 0 Å². The zero-order valence-corrected chi connectivity index (χ0v) is 12.4. The molecule has 3 nitrogen and oxygen atoms in total. The molecule has 1 saturated carbocycles. The van der Waals surface area contributed by atoms with Gasteiger partial charge in [0.1, 0.15) is 0 Å². The Morgan fingerprint density at radius 2 is 1.94 bits per heavy atom. The zero-order chi connectivity index (χ0) is 13.1. The molecule has 4 atom stereocenters. The molecule has 0 aromatic carbocycles. The van der Waals surface area contributed by atoms with Crippen LogP contribution in [0.4, 0.5) is 0 Å². The molecule has 0 aromatic heterocycles. The predicted octanol–water partition coefficient (Wildman–Crippen LogP) is 2.37. The van der Waals surface area contributed by atoms with Crippen LogP contribution in [-0.2, 0) is 9.84 Å². The molecule has 0 bridgehead atoms. The minimum atomic E-state index is -2.98. The molecular weight excluding hydrogens is 234 g/mol. The summed E-state index contributed by atoms with van der Waals surface area (Å²) in [5.74, 6) is 0.536. The summed E-state index contributed by atoms with van der Waals surface area (Å²) in [5, 5.41) is 2.97. The molecule has 0 heterocycles. The molecule has 4 unspecified atom stereocenters. The highest BCUT2D eigenvalue weighted by atomic mass is 32.2. The molecule has 0 radical (unpaired) electrons. The van der Waals surface area contributed by atoms with Gasteiger partial charge in [0.25, 0.3) is 0 Å². The normalized spacial score (nSPS) is 32.4. The molecule has 0 aromatic rings. The van der Waals surface area contributed by atoms with Crippen molar-refractivity contribution < 1.29 is 8.42 Å². The van der Waals surface area contributed by atoms with Crippen LogP contribution in [0.1, 0.15) is 53.4 Å². The van der Waals surface area contributed by atoms with Crippen LogP contribution in [0.15, 0.2) is 0 Å². The van der Waals surface area contributed by atoms with E-state index in [2.05, 4.69) is 12.2 Å². The van der Waals surface area contributed by atoms with E-state index in [0.717, 1.165) is 25.8 Å². The predicted molar refractivity (Wildman–Crippen MR) is 72.9 cm³/mol. The van der Waals surface area contributed by atoms with Crippen molar-refractivity contribution in [1.82, 2.24) is 5.32 Å². The number of rotatable bonds is 5. The molecule has 1 N–H and O–H groups in total. The van der Waals surface area contributed by atoms with Crippen LogP contribution >= 0.6 is 0 Å². The second-order valence-electron chi connectivity index (χ2n) is 5.43. The van der Waals surface area contributed by atoms with E-state index in [1.807, 2.05) is 20.8 Å². The summed E-state index contributed by atoms with van der Waals surface area (Å²) in [4.78, 5) is 0. The van der Waals surface area contributed by atoms with Crippen molar-refractivity contribution in [2.24, 2.45) is 5.92 Å². The lowest BCUT2D eigenvalue weighted by atomic mass is 9.87. The fourth-order valence-corrected chi connectivity index (χ4v) is 5.07.